The Bertz CT molecular complexity index is 970. The number of anilines is 1. The van der Waals surface area contributed by atoms with E-state index in [0.29, 0.717) is 0 Å². The summed E-state index contributed by atoms with van der Waals surface area (Å²) in [7, 11) is 3.41. The third-order valence-corrected chi connectivity index (χ3v) is 5.09. The number of rotatable bonds is 5. The number of ether oxygens (including phenoxy) is 2. The van der Waals surface area contributed by atoms with Crippen LogP contribution in [0.15, 0.2) is 59.6 Å². The van der Waals surface area contributed by atoms with Crippen molar-refractivity contribution in [3.63, 3.8) is 0 Å². The molecular weight excluding hydrogens is 336 g/mol. The molecule has 0 bridgehead atoms. The lowest BCUT2D eigenvalue weighted by atomic mass is 10.1. The molecule has 0 N–H and O–H groups in total. The number of nitrogens with zero attached hydrogens (tertiary/aromatic N) is 2. The molecule has 0 amide bonds. The maximum Gasteiger partial charge on any atom is 0.143 e. The molecule has 1 fully saturated rings. The maximum absolute atomic E-state index is 5.66. The van der Waals surface area contributed by atoms with Crippen LogP contribution in [0, 0.1) is 0 Å². The topological polar surface area (TPSA) is 34.1 Å². The predicted molar refractivity (Wildman–Crippen MR) is 112 cm³/mol. The Balaban J connectivity index is 1.73. The average Bonchev–Trinajstić information content (AvgIpc) is 3.26. The monoisotopic (exact) mass is 360 g/mol. The molecular formula is C23H24N2O2. The van der Waals surface area contributed by atoms with Gasteiger partial charge in [-0.25, -0.2) is 0 Å². The van der Waals surface area contributed by atoms with Gasteiger partial charge >= 0.3 is 0 Å². The zero-order valence-electron chi connectivity index (χ0n) is 15.8. The summed E-state index contributed by atoms with van der Waals surface area (Å²) in [4.78, 5) is 7.10. The second-order valence-corrected chi connectivity index (χ2v) is 6.72. The van der Waals surface area contributed by atoms with Gasteiger partial charge in [0.1, 0.15) is 11.5 Å². The predicted octanol–water partition coefficient (Wildman–Crippen LogP) is 5.21. The number of aliphatic imine (C=N–C) groups is 1. The van der Waals surface area contributed by atoms with Gasteiger partial charge in [0, 0.05) is 36.3 Å². The summed E-state index contributed by atoms with van der Waals surface area (Å²) in [6.45, 7) is 2.12. The molecule has 1 aliphatic heterocycles. The zero-order chi connectivity index (χ0) is 18.6. The number of benzene rings is 3. The highest BCUT2D eigenvalue weighted by molar-refractivity contribution is 5.96. The lowest BCUT2D eigenvalue weighted by molar-refractivity contribution is 0.402. The van der Waals surface area contributed by atoms with Crippen molar-refractivity contribution in [3.8, 4) is 11.5 Å². The normalized spacial score (nSPS) is 14.2. The minimum absolute atomic E-state index is 0.807. The smallest absolute Gasteiger partial charge is 0.143 e. The van der Waals surface area contributed by atoms with Crippen LogP contribution in [0.1, 0.15) is 18.4 Å². The molecule has 0 aromatic heterocycles. The number of fused-ring (bicyclic) bond motifs is 1. The van der Waals surface area contributed by atoms with Gasteiger partial charge in [0.25, 0.3) is 0 Å². The molecule has 0 unspecified atom stereocenters. The second kappa shape index (κ2) is 7.70. The van der Waals surface area contributed by atoms with Gasteiger partial charge < -0.3 is 14.4 Å². The third kappa shape index (κ3) is 3.47. The van der Waals surface area contributed by atoms with E-state index in [1.165, 1.54) is 18.2 Å². The molecule has 0 atom stereocenters. The quantitative estimate of drug-likeness (QED) is 0.586. The fourth-order valence-electron chi connectivity index (χ4n) is 3.67. The summed E-state index contributed by atoms with van der Waals surface area (Å²) in [5.74, 6) is 1.67. The largest absolute Gasteiger partial charge is 0.496 e. The van der Waals surface area contributed by atoms with Gasteiger partial charge in [0.15, 0.2) is 0 Å². The Morgan fingerprint density at radius 2 is 1.63 bits per heavy atom. The summed E-state index contributed by atoms with van der Waals surface area (Å²) in [6.07, 6.45) is 4.29. The van der Waals surface area contributed by atoms with E-state index < -0.39 is 0 Å². The van der Waals surface area contributed by atoms with Gasteiger partial charge in [0.2, 0.25) is 0 Å². The molecule has 1 saturated heterocycles. The molecule has 1 heterocycles. The number of methoxy groups -OCH3 is 2. The molecule has 4 heteroatoms. The first-order valence-corrected chi connectivity index (χ1v) is 9.33. The third-order valence-electron chi connectivity index (χ3n) is 5.09. The van der Waals surface area contributed by atoms with Crippen LogP contribution >= 0.6 is 0 Å². The van der Waals surface area contributed by atoms with Crippen molar-refractivity contribution >= 4 is 28.4 Å². The summed E-state index contributed by atoms with van der Waals surface area (Å²) >= 11 is 0. The summed E-state index contributed by atoms with van der Waals surface area (Å²) in [5.41, 5.74) is 2.94. The maximum atomic E-state index is 5.66. The SMILES string of the molecule is COc1cc(N2CCCC2)c(OC)cc1C=Nc1cccc2ccccc12. The van der Waals surface area contributed by atoms with Gasteiger partial charge in [-0.3, -0.25) is 4.99 Å². The van der Waals surface area contributed by atoms with Crippen molar-refractivity contribution in [2.45, 2.75) is 12.8 Å². The van der Waals surface area contributed by atoms with E-state index in [0.717, 1.165) is 46.9 Å². The molecule has 0 radical (unpaired) electrons. The van der Waals surface area contributed by atoms with Crippen LogP contribution in [0.2, 0.25) is 0 Å². The first kappa shape index (κ1) is 17.4. The highest BCUT2D eigenvalue weighted by Crippen LogP contribution is 2.37. The van der Waals surface area contributed by atoms with Crippen molar-refractivity contribution in [2.24, 2.45) is 4.99 Å². The van der Waals surface area contributed by atoms with E-state index in [1.54, 1.807) is 14.2 Å². The van der Waals surface area contributed by atoms with Gasteiger partial charge in [-0.2, -0.15) is 0 Å². The van der Waals surface area contributed by atoms with Gasteiger partial charge in [-0.05, 0) is 30.4 Å². The van der Waals surface area contributed by atoms with Crippen LogP contribution in [0.5, 0.6) is 11.5 Å². The Hall–Kier alpha value is -3.01. The first-order chi connectivity index (χ1) is 13.3. The fraction of sp³-hybridized carbons (Fsp3) is 0.261. The second-order valence-electron chi connectivity index (χ2n) is 6.72. The molecule has 3 aromatic rings. The van der Waals surface area contributed by atoms with Crippen LogP contribution in [0.4, 0.5) is 11.4 Å². The van der Waals surface area contributed by atoms with Gasteiger partial charge in [0.05, 0.1) is 25.6 Å². The van der Waals surface area contributed by atoms with Crippen LogP contribution in [0.3, 0.4) is 0 Å². The van der Waals surface area contributed by atoms with E-state index in [1.807, 2.05) is 36.5 Å². The van der Waals surface area contributed by atoms with E-state index in [4.69, 9.17) is 14.5 Å². The minimum atomic E-state index is 0.807. The molecule has 0 aliphatic carbocycles. The van der Waals surface area contributed by atoms with Gasteiger partial charge in [-0.1, -0.05) is 36.4 Å². The Kier molecular flexibility index (Phi) is 4.97. The van der Waals surface area contributed by atoms with Crippen molar-refractivity contribution in [3.05, 3.63) is 60.2 Å². The molecule has 3 aromatic carbocycles. The zero-order valence-corrected chi connectivity index (χ0v) is 15.8. The van der Waals surface area contributed by atoms with Crippen molar-refractivity contribution in [1.82, 2.24) is 0 Å². The lowest BCUT2D eigenvalue weighted by Gasteiger charge is -2.22. The minimum Gasteiger partial charge on any atom is -0.496 e. The first-order valence-electron chi connectivity index (χ1n) is 9.33. The average molecular weight is 360 g/mol. The molecule has 27 heavy (non-hydrogen) atoms. The molecule has 0 spiro atoms. The van der Waals surface area contributed by atoms with E-state index >= 15 is 0 Å². The van der Waals surface area contributed by atoms with Crippen molar-refractivity contribution < 1.29 is 9.47 Å². The van der Waals surface area contributed by atoms with E-state index in [-0.39, 0.29) is 0 Å². The van der Waals surface area contributed by atoms with Crippen LogP contribution < -0.4 is 14.4 Å². The van der Waals surface area contributed by atoms with Crippen molar-refractivity contribution in [2.75, 3.05) is 32.2 Å². The Morgan fingerprint density at radius 1 is 0.889 bits per heavy atom. The highest BCUT2D eigenvalue weighted by atomic mass is 16.5. The van der Waals surface area contributed by atoms with E-state index in [9.17, 15) is 0 Å². The fourth-order valence-corrected chi connectivity index (χ4v) is 3.67. The lowest BCUT2D eigenvalue weighted by Crippen LogP contribution is -2.18. The standard InChI is InChI=1S/C23H24N2O2/c1-26-22-15-21(25-12-5-6-13-25)23(27-2)14-18(22)16-24-20-11-7-9-17-8-3-4-10-19(17)20/h3-4,7-11,14-16H,5-6,12-13H2,1-2H3. The highest BCUT2D eigenvalue weighted by Gasteiger charge is 2.19. The number of hydrogen-bond acceptors (Lipinski definition) is 4. The molecule has 0 saturated carbocycles. The van der Waals surface area contributed by atoms with Gasteiger partial charge in [-0.15, -0.1) is 0 Å². The Morgan fingerprint density at radius 3 is 2.41 bits per heavy atom. The van der Waals surface area contributed by atoms with Crippen LogP contribution in [-0.2, 0) is 0 Å². The molecule has 1 aliphatic rings. The molecule has 4 nitrogen and oxygen atoms in total. The van der Waals surface area contributed by atoms with E-state index in [2.05, 4.69) is 29.2 Å². The van der Waals surface area contributed by atoms with Crippen LogP contribution in [-0.4, -0.2) is 33.5 Å². The number of hydrogen-bond donors (Lipinski definition) is 0. The Labute approximate surface area is 160 Å². The van der Waals surface area contributed by atoms with Crippen LogP contribution in [0.25, 0.3) is 10.8 Å². The summed E-state index contributed by atoms with van der Waals surface area (Å²) in [5, 5.41) is 2.32. The van der Waals surface area contributed by atoms with Crippen molar-refractivity contribution in [1.29, 1.82) is 0 Å². The molecule has 138 valence electrons. The molecule has 4 rings (SSSR count). The summed E-state index contributed by atoms with van der Waals surface area (Å²) < 4.78 is 11.3. The summed E-state index contributed by atoms with van der Waals surface area (Å²) in [6, 6.07) is 18.5.